The van der Waals surface area contributed by atoms with Gasteiger partial charge in [0.2, 0.25) is 5.91 Å². The Morgan fingerprint density at radius 2 is 1.92 bits per heavy atom. The number of halogens is 1. The van der Waals surface area contributed by atoms with E-state index in [9.17, 15) is 4.79 Å². The van der Waals surface area contributed by atoms with E-state index in [1.807, 2.05) is 24.3 Å². The van der Waals surface area contributed by atoms with Crippen molar-refractivity contribution in [2.75, 3.05) is 0 Å². The molecule has 0 heterocycles. The average Bonchev–Trinajstić information content (AvgIpc) is 2.59. The number of rotatable bonds is 5. The van der Waals surface area contributed by atoms with Gasteiger partial charge in [0.25, 0.3) is 0 Å². The molecule has 2 nitrogen and oxygen atoms in total. The molecule has 3 heteroatoms. The number of hydrogen-bond acceptors (Lipinski definition) is 1. The molecule has 1 aliphatic carbocycles. The zero-order valence-corrected chi connectivity index (χ0v) is 14.9. The van der Waals surface area contributed by atoms with Gasteiger partial charge in [-0.2, -0.15) is 0 Å². The highest BCUT2D eigenvalue weighted by Gasteiger charge is 2.16. The minimum atomic E-state index is 0.0434. The Kier molecular flexibility index (Phi) is 5.57. The molecule has 1 amide bonds. The summed E-state index contributed by atoms with van der Waals surface area (Å²) in [5.41, 5.74) is 5.10. The van der Waals surface area contributed by atoms with Crippen LogP contribution in [0.3, 0.4) is 0 Å². The van der Waals surface area contributed by atoms with Crippen LogP contribution in [0.2, 0.25) is 5.02 Å². The molecule has 0 saturated heterocycles. The highest BCUT2D eigenvalue weighted by molar-refractivity contribution is 6.30. The Bertz CT molecular complexity index is 726. The first-order valence-electron chi connectivity index (χ1n) is 8.81. The van der Waals surface area contributed by atoms with Crippen LogP contribution in [0.25, 0.3) is 0 Å². The van der Waals surface area contributed by atoms with Gasteiger partial charge >= 0.3 is 0 Å². The molecule has 0 saturated carbocycles. The van der Waals surface area contributed by atoms with Gasteiger partial charge in [0.1, 0.15) is 0 Å². The van der Waals surface area contributed by atoms with Crippen molar-refractivity contribution in [3.63, 3.8) is 0 Å². The van der Waals surface area contributed by atoms with Crippen LogP contribution in [-0.2, 0) is 24.1 Å². The lowest BCUT2D eigenvalue weighted by atomic mass is 9.88. The fourth-order valence-electron chi connectivity index (χ4n) is 3.47. The summed E-state index contributed by atoms with van der Waals surface area (Å²) in [5, 5.41) is 3.84. The van der Waals surface area contributed by atoms with Gasteiger partial charge in [0.05, 0.1) is 12.5 Å². The quantitative estimate of drug-likeness (QED) is 0.812. The molecule has 24 heavy (non-hydrogen) atoms. The van der Waals surface area contributed by atoms with Gasteiger partial charge < -0.3 is 5.32 Å². The third-order valence-corrected chi connectivity index (χ3v) is 5.01. The summed E-state index contributed by atoms with van der Waals surface area (Å²) >= 11 is 5.99. The van der Waals surface area contributed by atoms with Crippen molar-refractivity contribution in [3.8, 4) is 0 Å². The lowest BCUT2D eigenvalue weighted by Gasteiger charge is -2.22. The number of amides is 1. The largest absolute Gasteiger partial charge is 0.349 e. The van der Waals surface area contributed by atoms with E-state index in [2.05, 4.69) is 30.4 Å². The number of aryl methyl sites for hydroxylation is 2. The Labute approximate surface area is 149 Å². The zero-order chi connectivity index (χ0) is 16.9. The predicted octanol–water partition coefficient (Wildman–Crippen LogP) is 5.03. The minimum Gasteiger partial charge on any atom is -0.349 e. The molecule has 0 aliphatic heterocycles. The summed E-state index contributed by atoms with van der Waals surface area (Å²) in [6.07, 6.45) is 6.17. The van der Waals surface area contributed by atoms with Gasteiger partial charge in [-0.05, 0) is 66.5 Å². The van der Waals surface area contributed by atoms with Crippen LogP contribution in [0, 0.1) is 0 Å². The van der Waals surface area contributed by atoms with Crippen molar-refractivity contribution in [3.05, 3.63) is 69.7 Å². The maximum atomic E-state index is 12.4. The van der Waals surface area contributed by atoms with Crippen molar-refractivity contribution in [1.29, 1.82) is 0 Å². The second kappa shape index (κ2) is 7.85. The van der Waals surface area contributed by atoms with E-state index >= 15 is 0 Å². The smallest absolute Gasteiger partial charge is 0.224 e. The normalized spacial score (nSPS) is 14.8. The standard InChI is InChI=1S/C21H24ClNO/c1-2-20(18-11-10-16-7-3-4-8-17(16)14-18)23-21(24)13-15-6-5-9-19(22)12-15/h5-6,9-12,14,20H,2-4,7-8,13H2,1H3,(H,23,24)/t20-/m1/s1. The van der Waals surface area contributed by atoms with Gasteiger partial charge in [0, 0.05) is 5.02 Å². The van der Waals surface area contributed by atoms with E-state index in [0.717, 1.165) is 18.4 Å². The van der Waals surface area contributed by atoms with Crippen LogP contribution in [0.15, 0.2) is 42.5 Å². The number of fused-ring (bicyclic) bond motifs is 1. The summed E-state index contributed by atoms with van der Waals surface area (Å²) in [6.45, 7) is 2.11. The van der Waals surface area contributed by atoms with Gasteiger partial charge in [-0.15, -0.1) is 0 Å². The van der Waals surface area contributed by atoms with Gasteiger partial charge in [-0.25, -0.2) is 0 Å². The molecule has 1 aliphatic rings. The molecule has 2 aromatic carbocycles. The Balaban J connectivity index is 1.69. The Morgan fingerprint density at radius 1 is 1.12 bits per heavy atom. The van der Waals surface area contributed by atoms with Crippen molar-refractivity contribution >= 4 is 17.5 Å². The summed E-state index contributed by atoms with van der Waals surface area (Å²) in [4.78, 5) is 12.4. The number of carbonyl (C=O) groups is 1. The van der Waals surface area contributed by atoms with E-state index < -0.39 is 0 Å². The highest BCUT2D eigenvalue weighted by atomic mass is 35.5. The van der Waals surface area contributed by atoms with Gasteiger partial charge in [-0.1, -0.05) is 48.9 Å². The highest BCUT2D eigenvalue weighted by Crippen LogP contribution is 2.26. The SMILES string of the molecule is CC[C@@H](NC(=O)Cc1cccc(Cl)c1)c1ccc2c(c1)CCCC2. The summed E-state index contributed by atoms with van der Waals surface area (Å²) < 4.78 is 0. The summed E-state index contributed by atoms with van der Waals surface area (Å²) in [5.74, 6) is 0.0434. The molecule has 3 rings (SSSR count). The molecular formula is C21H24ClNO. The maximum Gasteiger partial charge on any atom is 0.224 e. The monoisotopic (exact) mass is 341 g/mol. The first kappa shape index (κ1) is 17.0. The zero-order valence-electron chi connectivity index (χ0n) is 14.1. The van der Waals surface area contributed by atoms with Crippen LogP contribution < -0.4 is 5.32 Å². The second-order valence-corrected chi connectivity index (χ2v) is 7.01. The number of hydrogen-bond donors (Lipinski definition) is 1. The van der Waals surface area contributed by atoms with Crippen LogP contribution in [0.4, 0.5) is 0 Å². The molecule has 0 radical (unpaired) electrons. The number of nitrogens with one attached hydrogen (secondary N) is 1. The third kappa shape index (κ3) is 4.18. The molecule has 2 aromatic rings. The molecule has 0 fully saturated rings. The number of carbonyl (C=O) groups excluding carboxylic acids is 1. The van der Waals surface area contributed by atoms with Crippen molar-refractivity contribution < 1.29 is 4.79 Å². The van der Waals surface area contributed by atoms with Crippen LogP contribution in [0.1, 0.15) is 54.5 Å². The van der Waals surface area contributed by atoms with E-state index in [0.29, 0.717) is 11.4 Å². The lowest BCUT2D eigenvalue weighted by Crippen LogP contribution is -2.29. The number of benzene rings is 2. The molecule has 0 bridgehead atoms. The first-order valence-corrected chi connectivity index (χ1v) is 9.19. The van der Waals surface area contributed by atoms with Crippen molar-refractivity contribution in [2.24, 2.45) is 0 Å². The summed E-state index contributed by atoms with van der Waals surface area (Å²) in [6, 6.07) is 14.3. The second-order valence-electron chi connectivity index (χ2n) is 6.57. The van der Waals surface area contributed by atoms with E-state index in [-0.39, 0.29) is 11.9 Å². The molecule has 1 N–H and O–H groups in total. The van der Waals surface area contributed by atoms with Crippen molar-refractivity contribution in [2.45, 2.75) is 51.5 Å². The first-order chi connectivity index (χ1) is 11.7. The third-order valence-electron chi connectivity index (χ3n) is 4.77. The average molecular weight is 342 g/mol. The Morgan fingerprint density at radius 3 is 2.67 bits per heavy atom. The summed E-state index contributed by atoms with van der Waals surface area (Å²) in [7, 11) is 0. The van der Waals surface area contributed by atoms with Crippen LogP contribution >= 0.6 is 11.6 Å². The van der Waals surface area contributed by atoms with Crippen molar-refractivity contribution in [1.82, 2.24) is 5.32 Å². The molecule has 0 aromatic heterocycles. The Hall–Kier alpha value is -1.80. The molecule has 0 unspecified atom stereocenters. The van der Waals surface area contributed by atoms with E-state index in [1.54, 1.807) is 0 Å². The van der Waals surface area contributed by atoms with Crippen LogP contribution in [-0.4, -0.2) is 5.91 Å². The van der Waals surface area contributed by atoms with Crippen LogP contribution in [0.5, 0.6) is 0 Å². The maximum absolute atomic E-state index is 12.4. The molecule has 126 valence electrons. The molecular weight excluding hydrogens is 318 g/mol. The fourth-order valence-corrected chi connectivity index (χ4v) is 3.68. The molecule has 1 atom stereocenters. The van der Waals surface area contributed by atoms with Gasteiger partial charge in [0.15, 0.2) is 0 Å². The predicted molar refractivity (Wildman–Crippen MR) is 99.4 cm³/mol. The minimum absolute atomic E-state index is 0.0434. The fraction of sp³-hybridized carbons (Fsp3) is 0.381. The lowest BCUT2D eigenvalue weighted by molar-refractivity contribution is -0.121. The van der Waals surface area contributed by atoms with Gasteiger partial charge in [-0.3, -0.25) is 4.79 Å². The van der Waals surface area contributed by atoms with E-state index in [4.69, 9.17) is 11.6 Å². The molecule has 0 spiro atoms. The van der Waals surface area contributed by atoms with E-state index in [1.165, 1.54) is 36.0 Å². The topological polar surface area (TPSA) is 29.1 Å².